The summed E-state index contributed by atoms with van der Waals surface area (Å²) in [6.07, 6.45) is 36.3. The number of carbonyl (C=O) groups is 2. The highest BCUT2D eigenvalue weighted by Crippen LogP contribution is 2.43. The molecule has 12 heteroatoms. The number of phosphoric acid groups is 1. The van der Waals surface area contributed by atoms with Crippen molar-refractivity contribution in [2.24, 2.45) is 5.92 Å². The predicted octanol–water partition coefficient (Wildman–Crippen LogP) is 9.32. The highest BCUT2D eigenvalue weighted by Gasteiger charge is 2.27. The zero-order chi connectivity index (χ0) is 40.8. The van der Waals surface area contributed by atoms with E-state index in [1.165, 1.54) is 38.5 Å². The Morgan fingerprint density at radius 3 is 1.93 bits per heavy atom. The summed E-state index contributed by atoms with van der Waals surface area (Å²) in [7, 11) is -4.67. The maximum absolute atomic E-state index is 12.6. The van der Waals surface area contributed by atoms with Crippen molar-refractivity contribution in [1.82, 2.24) is 0 Å². The lowest BCUT2D eigenvalue weighted by molar-refractivity contribution is -0.161. The molecule has 0 aliphatic heterocycles. The molecule has 11 nitrogen and oxygen atoms in total. The standard InChI is InChI=1S/C43H73O11P/c1-4-6-7-8-9-10-11-12-13-14-18-21-25-30-39(45)31-26-23-28-33-43(48)54-41(37-53-55(49,50)52-35-40(46)34-44)36-51-42(47)32-27-22-19-16-15-17-20-24-29-38(3)5-2/h6-7,9-10,12-13,18,21,23,25-26,30,38-41,44-46H,4-5,8,11,14-17,19-20,22,24,27-29,31-37H2,1-3H3,(H,49,50)/b7-6-,10-9-,13-12-,21-18-,26-23-,30-25-/t38?,39?,40-,41+/m0/s1. The van der Waals surface area contributed by atoms with E-state index in [0.29, 0.717) is 19.3 Å². The molecule has 0 rings (SSSR count). The van der Waals surface area contributed by atoms with E-state index in [1.807, 2.05) is 12.2 Å². The van der Waals surface area contributed by atoms with Gasteiger partial charge in [0.25, 0.3) is 0 Å². The van der Waals surface area contributed by atoms with Gasteiger partial charge >= 0.3 is 19.8 Å². The molecule has 0 fully saturated rings. The number of aliphatic hydroxyl groups is 3. The van der Waals surface area contributed by atoms with Gasteiger partial charge in [0.05, 0.1) is 25.9 Å². The van der Waals surface area contributed by atoms with Crippen LogP contribution in [0.5, 0.6) is 0 Å². The van der Waals surface area contributed by atoms with Crippen LogP contribution in [0.3, 0.4) is 0 Å². The number of ether oxygens (including phenoxy) is 2. The van der Waals surface area contributed by atoms with E-state index in [-0.39, 0.29) is 19.4 Å². The van der Waals surface area contributed by atoms with Crippen molar-refractivity contribution in [3.63, 3.8) is 0 Å². The van der Waals surface area contributed by atoms with Crippen molar-refractivity contribution in [2.75, 3.05) is 26.4 Å². The number of hydrogen-bond donors (Lipinski definition) is 4. The van der Waals surface area contributed by atoms with E-state index in [2.05, 4.69) is 61.8 Å². The lowest BCUT2D eigenvalue weighted by Gasteiger charge is -2.20. The number of allylic oxidation sites excluding steroid dienone is 10. The molecule has 5 atom stereocenters. The first-order chi connectivity index (χ1) is 26.5. The Morgan fingerprint density at radius 1 is 0.691 bits per heavy atom. The number of carbonyl (C=O) groups excluding carboxylic acids is 2. The van der Waals surface area contributed by atoms with E-state index in [1.54, 1.807) is 24.3 Å². The molecule has 0 radical (unpaired) electrons. The van der Waals surface area contributed by atoms with Gasteiger partial charge in [-0.15, -0.1) is 0 Å². The molecule has 0 bridgehead atoms. The lowest BCUT2D eigenvalue weighted by atomic mass is 9.99. The Kier molecular flexibility index (Phi) is 35.2. The predicted molar refractivity (Wildman–Crippen MR) is 220 cm³/mol. The van der Waals surface area contributed by atoms with Crippen LogP contribution in [0, 0.1) is 5.92 Å². The molecule has 55 heavy (non-hydrogen) atoms. The Morgan fingerprint density at radius 2 is 1.29 bits per heavy atom. The SMILES string of the molecule is CC/C=C\C/C=C\C/C=C\C/C=C\C=C/C(O)C/C=C\CCC(=O)O[C@H](COC(=O)CCCCCCCCCCC(C)CC)COP(=O)(O)OC[C@@H](O)CO. The molecule has 0 saturated heterocycles. The van der Waals surface area contributed by atoms with E-state index in [0.717, 1.165) is 50.9 Å². The van der Waals surface area contributed by atoms with Gasteiger partial charge < -0.3 is 29.7 Å². The van der Waals surface area contributed by atoms with Gasteiger partial charge in [0.2, 0.25) is 0 Å². The Bertz CT molecular complexity index is 1180. The minimum Gasteiger partial charge on any atom is -0.462 e. The van der Waals surface area contributed by atoms with Gasteiger partial charge in [-0.3, -0.25) is 18.6 Å². The van der Waals surface area contributed by atoms with Crippen LogP contribution >= 0.6 is 7.82 Å². The molecule has 0 aliphatic carbocycles. The van der Waals surface area contributed by atoms with Gasteiger partial charge in [-0.1, -0.05) is 151 Å². The molecule has 0 aromatic carbocycles. The summed E-state index contributed by atoms with van der Waals surface area (Å²) in [6, 6.07) is 0. The number of esters is 2. The quantitative estimate of drug-likeness (QED) is 0.0157. The van der Waals surface area contributed by atoms with Gasteiger partial charge in [-0.2, -0.15) is 0 Å². The lowest BCUT2D eigenvalue weighted by Crippen LogP contribution is -2.29. The van der Waals surface area contributed by atoms with Crippen molar-refractivity contribution in [2.45, 2.75) is 155 Å². The third-order valence-electron chi connectivity index (χ3n) is 8.51. The van der Waals surface area contributed by atoms with E-state index < -0.39 is 57.9 Å². The third kappa shape index (κ3) is 36.7. The van der Waals surface area contributed by atoms with Crippen molar-refractivity contribution in [1.29, 1.82) is 0 Å². The van der Waals surface area contributed by atoms with Crippen molar-refractivity contribution in [3.05, 3.63) is 72.9 Å². The van der Waals surface area contributed by atoms with Crippen LogP contribution in [0.25, 0.3) is 0 Å². The van der Waals surface area contributed by atoms with Gasteiger partial charge in [0, 0.05) is 12.8 Å². The molecule has 3 unspecified atom stereocenters. The maximum atomic E-state index is 12.6. The first kappa shape index (κ1) is 52.4. The zero-order valence-corrected chi connectivity index (χ0v) is 34.8. The summed E-state index contributed by atoms with van der Waals surface area (Å²) >= 11 is 0. The number of hydrogen-bond acceptors (Lipinski definition) is 10. The summed E-state index contributed by atoms with van der Waals surface area (Å²) < 4.78 is 32.5. The summed E-state index contributed by atoms with van der Waals surface area (Å²) in [5, 5.41) is 28.5. The molecule has 0 spiro atoms. The normalized spacial score (nSPS) is 15.8. The molecule has 0 aliphatic rings. The first-order valence-electron chi connectivity index (χ1n) is 20.4. The van der Waals surface area contributed by atoms with Crippen LogP contribution in [0.4, 0.5) is 0 Å². The Balaban J connectivity index is 4.60. The van der Waals surface area contributed by atoms with E-state index in [9.17, 15) is 29.3 Å². The fourth-order valence-corrected chi connectivity index (χ4v) is 5.75. The summed E-state index contributed by atoms with van der Waals surface area (Å²) in [4.78, 5) is 34.9. The van der Waals surface area contributed by atoms with Crippen LogP contribution in [0.1, 0.15) is 136 Å². The topological polar surface area (TPSA) is 169 Å². The van der Waals surface area contributed by atoms with Crippen LogP contribution in [-0.2, 0) is 32.7 Å². The highest BCUT2D eigenvalue weighted by atomic mass is 31.2. The first-order valence-corrected chi connectivity index (χ1v) is 21.9. The van der Waals surface area contributed by atoms with Crippen molar-refractivity contribution < 1.29 is 52.9 Å². The number of unbranched alkanes of at least 4 members (excludes halogenated alkanes) is 7. The Hall–Kier alpha value is -2.63. The second-order valence-electron chi connectivity index (χ2n) is 13.7. The zero-order valence-electron chi connectivity index (χ0n) is 33.9. The fraction of sp³-hybridized carbons (Fsp3) is 0.674. The molecule has 0 aromatic rings. The van der Waals surface area contributed by atoms with Crippen LogP contribution < -0.4 is 0 Å². The number of rotatable bonds is 36. The second-order valence-corrected chi connectivity index (χ2v) is 15.2. The summed E-state index contributed by atoms with van der Waals surface area (Å²) in [6.45, 7) is 4.34. The molecule has 0 amide bonds. The molecule has 4 N–H and O–H groups in total. The molecule has 316 valence electrons. The second kappa shape index (κ2) is 37.0. The maximum Gasteiger partial charge on any atom is 0.472 e. The average molecular weight is 797 g/mol. The summed E-state index contributed by atoms with van der Waals surface area (Å²) in [5.74, 6) is -0.315. The van der Waals surface area contributed by atoms with E-state index in [4.69, 9.17) is 19.1 Å². The van der Waals surface area contributed by atoms with Gasteiger partial charge in [-0.25, -0.2) is 4.57 Å². The van der Waals surface area contributed by atoms with Gasteiger partial charge in [0.1, 0.15) is 12.7 Å². The largest absolute Gasteiger partial charge is 0.472 e. The minimum absolute atomic E-state index is 0.0251. The monoisotopic (exact) mass is 796 g/mol. The van der Waals surface area contributed by atoms with Crippen LogP contribution in [0.15, 0.2) is 72.9 Å². The summed E-state index contributed by atoms with van der Waals surface area (Å²) in [5.41, 5.74) is 0. The number of aliphatic hydroxyl groups excluding tert-OH is 3. The van der Waals surface area contributed by atoms with E-state index >= 15 is 0 Å². The third-order valence-corrected chi connectivity index (χ3v) is 9.46. The molecular formula is C43H73O11P. The molecule has 0 aromatic heterocycles. The van der Waals surface area contributed by atoms with Crippen LogP contribution in [0.2, 0.25) is 0 Å². The Labute approximate surface area is 331 Å². The minimum atomic E-state index is -4.67. The molecule has 0 saturated carbocycles. The molecule has 0 heterocycles. The number of phosphoric ester groups is 1. The van der Waals surface area contributed by atoms with Crippen molar-refractivity contribution >= 4 is 19.8 Å². The average Bonchev–Trinajstić information content (AvgIpc) is 3.17. The highest BCUT2D eigenvalue weighted by molar-refractivity contribution is 7.47. The van der Waals surface area contributed by atoms with Crippen molar-refractivity contribution in [3.8, 4) is 0 Å². The fourth-order valence-electron chi connectivity index (χ4n) is 4.96. The van der Waals surface area contributed by atoms with Gasteiger partial charge in [0.15, 0.2) is 6.10 Å². The van der Waals surface area contributed by atoms with Crippen LogP contribution in [-0.4, -0.2) is 76.9 Å². The molecular weight excluding hydrogens is 723 g/mol. The van der Waals surface area contributed by atoms with Gasteiger partial charge in [-0.05, 0) is 50.9 Å². The smallest absolute Gasteiger partial charge is 0.462 e.